The highest BCUT2D eigenvalue weighted by atomic mass is 16.4. The number of carbonyl (C=O) groups is 1. The standard InChI is InChI=1S/C14H17N3O2/c1-14(13(18)19,16-11-6-7-11)9-17-12-5-3-2-4-10(12)8-15-17/h2-5,8,11,16H,6-7,9H2,1H3,(H,18,19). The Labute approximate surface area is 111 Å². The Morgan fingerprint density at radius 1 is 1.53 bits per heavy atom. The molecule has 1 heterocycles. The van der Waals surface area contributed by atoms with Crippen molar-refractivity contribution >= 4 is 16.9 Å². The maximum atomic E-state index is 11.5. The zero-order valence-electron chi connectivity index (χ0n) is 10.8. The van der Waals surface area contributed by atoms with Crippen LogP contribution in [0.3, 0.4) is 0 Å². The molecule has 100 valence electrons. The molecule has 0 spiro atoms. The number of carboxylic acid groups (broad SMARTS) is 1. The largest absolute Gasteiger partial charge is 0.480 e. The molecule has 0 bridgehead atoms. The molecule has 1 unspecified atom stereocenters. The molecule has 5 heteroatoms. The van der Waals surface area contributed by atoms with Crippen LogP contribution in [-0.4, -0.2) is 32.4 Å². The summed E-state index contributed by atoms with van der Waals surface area (Å²) in [6, 6.07) is 8.16. The van der Waals surface area contributed by atoms with Crippen LogP contribution in [0.2, 0.25) is 0 Å². The van der Waals surface area contributed by atoms with Crippen LogP contribution in [0.5, 0.6) is 0 Å². The first-order chi connectivity index (χ1) is 9.08. The van der Waals surface area contributed by atoms with E-state index in [0.717, 1.165) is 23.7 Å². The summed E-state index contributed by atoms with van der Waals surface area (Å²) in [6.45, 7) is 2.05. The van der Waals surface area contributed by atoms with E-state index in [0.29, 0.717) is 12.6 Å². The number of nitrogens with one attached hydrogen (secondary N) is 1. The van der Waals surface area contributed by atoms with Crippen molar-refractivity contribution in [2.45, 2.75) is 37.9 Å². The Kier molecular flexibility index (Phi) is 2.78. The number of para-hydroxylation sites is 1. The zero-order chi connectivity index (χ0) is 13.5. The lowest BCUT2D eigenvalue weighted by atomic mass is 10.0. The van der Waals surface area contributed by atoms with Crippen molar-refractivity contribution in [1.82, 2.24) is 15.1 Å². The van der Waals surface area contributed by atoms with E-state index in [2.05, 4.69) is 10.4 Å². The Morgan fingerprint density at radius 3 is 2.95 bits per heavy atom. The second-order valence-corrected chi connectivity index (χ2v) is 5.42. The van der Waals surface area contributed by atoms with Crippen LogP contribution in [0.25, 0.3) is 10.9 Å². The molecular formula is C14H17N3O2. The maximum Gasteiger partial charge on any atom is 0.325 e. The second kappa shape index (κ2) is 4.35. The van der Waals surface area contributed by atoms with Crippen molar-refractivity contribution < 1.29 is 9.90 Å². The van der Waals surface area contributed by atoms with E-state index >= 15 is 0 Å². The molecule has 0 aliphatic heterocycles. The summed E-state index contributed by atoms with van der Waals surface area (Å²) in [7, 11) is 0. The average Bonchev–Trinajstić information content (AvgIpc) is 3.10. The molecule has 5 nitrogen and oxygen atoms in total. The molecule has 2 aromatic rings. The molecule has 1 aromatic carbocycles. The molecule has 1 saturated carbocycles. The van der Waals surface area contributed by atoms with Gasteiger partial charge in [0.2, 0.25) is 0 Å². The smallest absolute Gasteiger partial charge is 0.325 e. The average molecular weight is 259 g/mol. The molecule has 3 rings (SSSR count). The molecule has 1 fully saturated rings. The summed E-state index contributed by atoms with van der Waals surface area (Å²) in [5.74, 6) is -0.834. The summed E-state index contributed by atoms with van der Waals surface area (Å²) >= 11 is 0. The van der Waals surface area contributed by atoms with E-state index in [1.54, 1.807) is 17.8 Å². The van der Waals surface area contributed by atoms with Crippen molar-refractivity contribution in [2.75, 3.05) is 0 Å². The number of rotatable bonds is 5. The third-order valence-corrected chi connectivity index (χ3v) is 3.59. The molecule has 1 atom stereocenters. The van der Waals surface area contributed by atoms with Gasteiger partial charge in [-0.1, -0.05) is 18.2 Å². The number of benzene rings is 1. The maximum absolute atomic E-state index is 11.5. The zero-order valence-corrected chi connectivity index (χ0v) is 10.8. The van der Waals surface area contributed by atoms with Gasteiger partial charge in [-0.15, -0.1) is 0 Å². The predicted octanol–water partition coefficient (Wildman–Crippen LogP) is 1.63. The summed E-state index contributed by atoms with van der Waals surface area (Å²) in [5.41, 5.74) is -0.0109. The van der Waals surface area contributed by atoms with Crippen molar-refractivity contribution in [3.05, 3.63) is 30.5 Å². The van der Waals surface area contributed by atoms with Gasteiger partial charge in [-0.3, -0.25) is 14.8 Å². The SMILES string of the molecule is CC(Cn1ncc2ccccc21)(NC1CC1)C(=O)O. The van der Waals surface area contributed by atoms with E-state index < -0.39 is 11.5 Å². The highest BCUT2D eigenvalue weighted by molar-refractivity contribution is 5.80. The Hall–Kier alpha value is -1.88. The lowest BCUT2D eigenvalue weighted by Crippen LogP contribution is -2.53. The number of hydrogen-bond acceptors (Lipinski definition) is 3. The van der Waals surface area contributed by atoms with Crippen LogP contribution in [0.4, 0.5) is 0 Å². The minimum Gasteiger partial charge on any atom is -0.480 e. The monoisotopic (exact) mass is 259 g/mol. The van der Waals surface area contributed by atoms with E-state index in [1.165, 1.54) is 0 Å². The van der Waals surface area contributed by atoms with E-state index in [-0.39, 0.29) is 0 Å². The highest BCUT2D eigenvalue weighted by Crippen LogP contribution is 2.24. The van der Waals surface area contributed by atoms with Crippen LogP contribution >= 0.6 is 0 Å². The van der Waals surface area contributed by atoms with Crippen LogP contribution in [-0.2, 0) is 11.3 Å². The molecule has 0 radical (unpaired) electrons. The number of nitrogens with zero attached hydrogens (tertiary/aromatic N) is 2. The van der Waals surface area contributed by atoms with Crippen LogP contribution in [0.15, 0.2) is 30.5 Å². The van der Waals surface area contributed by atoms with Gasteiger partial charge in [0.25, 0.3) is 0 Å². The molecule has 2 N–H and O–H groups in total. The fourth-order valence-corrected chi connectivity index (χ4v) is 2.30. The third kappa shape index (κ3) is 2.33. The van der Waals surface area contributed by atoms with Gasteiger partial charge < -0.3 is 5.11 Å². The summed E-state index contributed by atoms with van der Waals surface area (Å²) in [4.78, 5) is 11.5. The fourth-order valence-electron chi connectivity index (χ4n) is 2.30. The van der Waals surface area contributed by atoms with Gasteiger partial charge in [0.15, 0.2) is 0 Å². The highest BCUT2D eigenvalue weighted by Gasteiger charge is 2.39. The van der Waals surface area contributed by atoms with Crippen LogP contribution in [0, 0.1) is 0 Å². The number of carboxylic acids is 1. The molecular weight excluding hydrogens is 242 g/mol. The van der Waals surface area contributed by atoms with Crippen molar-refractivity contribution in [1.29, 1.82) is 0 Å². The summed E-state index contributed by atoms with van der Waals surface area (Å²) in [5, 5.41) is 18.0. The van der Waals surface area contributed by atoms with Gasteiger partial charge in [0.05, 0.1) is 18.3 Å². The number of aromatic nitrogens is 2. The molecule has 0 saturated heterocycles. The minimum atomic E-state index is -0.976. The Bertz CT molecular complexity index is 618. The molecule has 1 aromatic heterocycles. The predicted molar refractivity (Wildman–Crippen MR) is 71.9 cm³/mol. The van der Waals surface area contributed by atoms with Crippen LogP contribution < -0.4 is 5.32 Å². The van der Waals surface area contributed by atoms with Gasteiger partial charge in [0.1, 0.15) is 5.54 Å². The van der Waals surface area contributed by atoms with Crippen molar-refractivity contribution in [3.8, 4) is 0 Å². The topological polar surface area (TPSA) is 67.2 Å². The van der Waals surface area contributed by atoms with E-state index in [4.69, 9.17) is 0 Å². The quantitative estimate of drug-likeness (QED) is 0.856. The molecule has 0 amide bonds. The van der Waals surface area contributed by atoms with Crippen molar-refractivity contribution in [2.24, 2.45) is 0 Å². The number of hydrogen-bond donors (Lipinski definition) is 2. The number of aliphatic carboxylic acids is 1. The fraction of sp³-hybridized carbons (Fsp3) is 0.429. The lowest BCUT2D eigenvalue weighted by Gasteiger charge is -2.26. The number of fused-ring (bicyclic) bond motifs is 1. The third-order valence-electron chi connectivity index (χ3n) is 3.59. The normalized spacial score (nSPS) is 18.4. The lowest BCUT2D eigenvalue weighted by molar-refractivity contribution is -0.145. The van der Waals surface area contributed by atoms with Gasteiger partial charge in [-0.25, -0.2) is 0 Å². The van der Waals surface area contributed by atoms with Gasteiger partial charge in [0, 0.05) is 11.4 Å². The minimum absolute atomic E-state index is 0.326. The van der Waals surface area contributed by atoms with Crippen LogP contribution in [0.1, 0.15) is 19.8 Å². The van der Waals surface area contributed by atoms with Crippen molar-refractivity contribution in [3.63, 3.8) is 0 Å². The Balaban J connectivity index is 1.90. The van der Waals surface area contributed by atoms with Gasteiger partial charge in [-0.05, 0) is 25.8 Å². The Morgan fingerprint density at radius 2 is 2.26 bits per heavy atom. The van der Waals surface area contributed by atoms with E-state index in [1.807, 2.05) is 24.3 Å². The van der Waals surface area contributed by atoms with Gasteiger partial charge in [-0.2, -0.15) is 5.10 Å². The molecule has 19 heavy (non-hydrogen) atoms. The van der Waals surface area contributed by atoms with E-state index in [9.17, 15) is 9.90 Å². The molecule has 1 aliphatic carbocycles. The van der Waals surface area contributed by atoms with Gasteiger partial charge >= 0.3 is 5.97 Å². The first-order valence-electron chi connectivity index (χ1n) is 6.50. The first kappa shape index (κ1) is 12.2. The summed E-state index contributed by atoms with van der Waals surface area (Å²) in [6.07, 6.45) is 3.89. The first-order valence-corrected chi connectivity index (χ1v) is 6.50. The molecule has 1 aliphatic rings. The second-order valence-electron chi connectivity index (χ2n) is 5.42. The summed E-state index contributed by atoms with van der Waals surface area (Å²) < 4.78 is 1.76.